The standard InChI is InChI=1S/C19H28N2O4S/c1-23-15-11-14(12-16(24-2)18(15)25-3)19-21(17(22)13-26-19)10-9-20-7-5-4-6-8-20/h11-12,19H,4-10,13H2,1-3H3/t19-/m1/s1. The summed E-state index contributed by atoms with van der Waals surface area (Å²) in [6, 6.07) is 3.90. The fourth-order valence-electron chi connectivity index (χ4n) is 3.65. The van der Waals surface area contributed by atoms with E-state index in [1.54, 1.807) is 33.1 Å². The Morgan fingerprint density at radius 2 is 1.65 bits per heavy atom. The molecule has 0 unspecified atom stereocenters. The van der Waals surface area contributed by atoms with Crippen LogP contribution in [-0.2, 0) is 4.79 Å². The maximum absolute atomic E-state index is 12.5. The van der Waals surface area contributed by atoms with E-state index in [9.17, 15) is 4.79 Å². The Bertz CT molecular complexity index is 609. The number of carbonyl (C=O) groups excluding carboxylic acids is 1. The summed E-state index contributed by atoms with van der Waals surface area (Å²) >= 11 is 1.66. The lowest BCUT2D eigenvalue weighted by atomic mass is 10.1. The Balaban J connectivity index is 1.78. The first-order chi connectivity index (χ1) is 12.7. The van der Waals surface area contributed by atoms with Gasteiger partial charge in [0.05, 0.1) is 27.1 Å². The Kier molecular flexibility index (Phi) is 6.53. The second-order valence-corrected chi connectivity index (χ2v) is 7.68. The number of amides is 1. The van der Waals surface area contributed by atoms with Crippen LogP contribution in [0.25, 0.3) is 0 Å². The highest BCUT2D eigenvalue weighted by Gasteiger charge is 2.34. The summed E-state index contributed by atoms with van der Waals surface area (Å²) in [4.78, 5) is 16.9. The highest BCUT2D eigenvalue weighted by molar-refractivity contribution is 8.00. The van der Waals surface area contributed by atoms with Gasteiger partial charge in [0.1, 0.15) is 5.37 Å². The summed E-state index contributed by atoms with van der Waals surface area (Å²) in [5.74, 6) is 2.54. The van der Waals surface area contributed by atoms with E-state index in [0.717, 1.165) is 31.7 Å². The van der Waals surface area contributed by atoms with E-state index in [4.69, 9.17) is 14.2 Å². The van der Waals surface area contributed by atoms with Crippen molar-refractivity contribution in [1.82, 2.24) is 9.80 Å². The van der Waals surface area contributed by atoms with Crippen molar-refractivity contribution in [2.75, 3.05) is 53.3 Å². The van der Waals surface area contributed by atoms with Crippen LogP contribution in [0.3, 0.4) is 0 Å². The Labute approximate surface area is 159 Å². The largest absolute Gasteiger partial charge is 0.493 e. The van der Waals surface area contributed by atoms with Gasteiger partial charge in [-0.3, -0.25) is 4.79 Å². The third-order valence-corrected chi connectivity index (χ3v) is 6.30. The molecule has 0 radical (unpaired) electrons. The monoisotopic (exact) mass is 380 g/mol. The number of nitrogens with zero attached hydrogens (tertiary/aromatic N) is 2. The first kappa shape index (κ1) is 19.2. The molecule has 0 saturated carbocycles. The molecule has 1 aromatic rings. The number of carbonyl (C=O) groups is 1. The van der Waals surface area contributed by atoms with Gasteiger partial charge in [-0.15, -0.1) is 11.8 Å². The lowest BCUT2D eigenvalue weighted by molar-refractivity contribution is -0.128. The molecule has 0 spiro atoms. The van der Waals surface area contributed by atoms with Gasteiger partial charge in [0.2, 0.25) is 11.7 Å². The number of likely N-dealkylation sites (tertiary alicyclic amines) is 1. The van der Waals surface area contributed by atoms with Crippen LogP contribution in [0.2, 0.25) is 0 Å². The number of methoxy groups -OCH3 is 3. The summed E-state index contributed by atoms with van der Waals surface area (Å²) in [5.41, 5.74) is 1.01. The van der Waals surface area contributed by atoms with Crippen LogP contribution in [0.1, 0.15) is 30.2 Å². The fourth-order valence-corrected chi connectivity index (χ4v) is 4.85. The molecule has 144 valence electrons. The minimum Gasteiger partial charge on any atom is -0.493 e. The van der Waals surface area contributed by atoms with E-state index in [1.807, 2.05) is 17.0 Å². The predicted molar refractivity (Wildman–Crippen MR) is 103 cm³/mol. The van der Waals surface area contributed by atoms with Crippen LogP contribution in [0, 0.1) is 0 Å². The van der Waals surface area contributed by atoms with E-state index < -0.39 is 0 Å². The van der Waals surface area contributed by atoms with Gasteiger partial charge in [-0.2, -0.15) is 0 Å². The van der Waals surface area contributed by atoms with Gasteiger partial charge in [0, 0.05) is 13.1 Å². The van der Waals surface area contributed by atoms with Crippen LogP contribution in [0.4, 0.5) is 0 Å². The van der Waals surface area contributed by atoms with E-state index in [2.05, 4.69) is 4.90 Å². The Morgan fingerprint density at radius 3 is 2.23 bits per heavy atom. The van der Waals surface area contributed by atoms with Gasteiger partial charge in [-0.05, 0) is 43.6 Å². The van der Waals surface area contributed by atoms with Crippen LogP contribution < -0.4 is 14.2 Å². The average molecular weight is 381 g/mol. The molecule has 2 heterocycles. The average Bonchev–Trinajstić information content (AvgIpc) is 3.06. The second kappa shape index (κ2) is 8.86. The van der Waals surface area contributed by atoms with Crippen molar-refractivity contribution < 1.29 is 19.0 Å². The molecule has 26 heavy (non-hydrogen) atoms. The molecule has 1 aromatic carbocycles. The van der Waals surface area contributed by atoms with E-state index in [1.165, 1.54) is 19.3 Å². The van der Waals surface area contributed by atoms with Crippen molar-refractivity contribution in [3.8, 4) is 17.2 Å². The summed E-state index contributed by atoms with van der Waals surface area (Å²) in [5, 5.41) is -0.0130. The first-order valence-electron chi connectivity index (χ1n) is 9.11. The third kappa shape index (κ3) is 4.04. The topological polar surface area (TPSA) is 51.2 Å². The van der Waals surface area contributed by atoms with E-state index in [-0.39, 0.29) is 11.3 Å². The fraction of sp³-hybridized carbons (Fsp3) is 0.632. The molecule has 0 bridgehead atoms. The number of piperidine rings is 1. The number of benzene rings is 1. The summed E-state index contributed by atoms with van der Waals surface area (Å²) in [6.45, 7) is 3.98. The summed E-state index contributed by atoms with van der Waals surface area (Å²) in [6.07, 6.45) is 3.85. The number of rotatable bonds is 7. The normalized spacial score (nSPS) is 21.1. The highest BCUT2D eigenvalue weighted by atomic mass is 32.2. The molecular weight excluding hydrogens is 352 g/mol. The minimum atomic E-state index is -0.0130. The summed E-state index contributed by atoms with van der Waals surface area (Å²) < 4.78 is 16.3. The van der Waals surface area contributed by atoms with Gasteiger partial charge in [-0.25, -0.2) is 0 Å². The van der Waals surface area contributed by atoms with Crippen LogP contribution in [0.15, 0.2) is 12.1 Å². The molecule has 2 saturated heterocycles. The number of thioether (sulfide) groups is 1. The molecule has 6 nitrogen and oxygen atoms in total. The number of hydrogen-bond acceptors (Lipinski definition) is 6. The number of ether oxygens (including phenoxy) is 3. The van der Waals surface area contributed by atoms with Crippen molar-refractivity contribution in [3.05, 3.63) is 17.7 Å². The van der Waals surface area contributed by atoms with Gasteiger partial charge >= 0.3 is 0 Å². The molecule has 2 aliphatic rings. The van der Waals surface area contributed by atoms with Crippen LogP contribution in [-0.4, -0.2) is 69.0 Å². The van der Waals surface area contributed by atoms with Crippen molar-refractivity contribution in [3.63, 3.8) is 0 Å². The maximum Gasteiger partial charge on any atom is 0.233 e. The molecule has 3 rings (SSSR count). The Morgan fingerprint density at radius 1 is 1.00 bits per heavy atom. The SMILES string of the molecule is COc1cc([C@H]2SCC(=O)N2CCN2CCCCC2)cc(OC)c1OC. The maximum atomic E-state index is 12.5. The molecule has 2 fully saturated rings. The van der Waals surface area contributed by atoms with Crippen molar-refractivity contribution in [2.45, 2.75) is 24.6 Å². The summed E-state index contributed by atoms with van der Waals surface area (Å²) in [7, 11) is 4.82. The molecule has 0 aromatic heterocycles. The third-order valence-electron chi connectivity index (χ3n) is 5.05. The minimum absolute atomic E-state index is 0.0130. The van der Waals surface area contributed by atoms with Gasteiger partial charge in [0.15, 0.2) is 11.5 Å². The smallest absolute Gasteiger partial charge is 0.233 e. The molecule has 0 aliphatic carbocycles. The van der Waals surface area contributed by atoms with Gasteiger partial charge in [-0.1, -0.05) is 6.42 Å². The zero-order valence-corrected chi connectivity index (χ0v) is 16.6. The highest BCUT2D eigenvalue weighted by Crippen LogP contribution is 2.45. The van der Waals surface area contributed by atoms with Crippen LogP contribution in [0.5, 0.6) is 17.2 Å². The molecule has 7 heteroatoms. The molecular formula is C19H28N2O4S. The molecule has 0 N–H and O–H groups in total. The Hall–Kier alpha value is -1.60. The quantitative estimate of drug-likeness (QED) is 0.725. The molecule has 2 aliphatic heterocycles. The zero-order valence-electron chi connectivity index (χ0n) is 15.8. The lowest BCUT2D eigenvalue weighted by Gasteiger charge is -2.31. The lowest BCUT2D eigenvalue weighted by Crippen LogP contribution is -2.39. The molecule has 1 atom stereocenters. The van der Waals surface area contributed by atoms with Crippen molar-refractivity contribution >= 4 is 17.7 Å². The van der Waals surface area contributed by atoms with Gasteiger partial charge < -0.3 is 24.0 Å². The van der Waals surface area contributed by atoms with Gasteiger partial charge in [0.25, 0.3) is 0 Å². The predicted octanol–water partition coefficient (Wildman–Crippen LogP) is 2.77. The zero-order chi connectivity index (χ0) is 18.5. The van der Waals surface area contributed by atoms with Crippen molar-refractivity contribution in [2.24, 2.45) is 0 Å². The van der Waals surface area contributed by atoms with E-state index in [0.29, 0.717) is 23.0 Å². The molecule has 1 amide bonds. The van der Waals surface area contributed by atoms with Crippen molar-refractivity contribution in [1.29, 1.82) is 0 Å². The van der Waals surface area contributed by atoms with Crippen LogP contribution >= 0.6 is 11.8 Å². The number of hydrogen-bond donors (Lipinski definition) is 0. The first-order valence-corrected chi connectivity index (χ1v) is 10.2. The van der Waals surface area contributed by atoms with E-state index >= 15 is 0 Å². The second-order valence-electron chi connectivity index (χ2n) is 6.61.